The molecule has 35 heavy (non-hydrogen) atoms. The predicted molar refractivity (Wildman–Crippen MR) is 115 cm³/mol. The van der Waals surface area contributed by atoms with Crippen LogP contribution in [0.5, 0.6) is 0 Å². The van der Waals surface area contributed by atoms with Crippen LogP contribution < -0.4 is 5.32 Å². The Hall–Kier alpha value is -5.48. The minimum absolute atomic E-state index is 0.0646. The predicted octanol–water partition coefficient (Wildman–Crippen LogP) is 2.61. The van der Waals surface area contributed by atoms with Crippen LogP contribution in [-0.2, 0) is 11.2 Å². The molecular formula is C18H13N7O10. The number of nitro groups is 4. The number of rotatable bonds is 10. The molecule has 3 rings (SSSR count). The molecule has 1 atom stereocenters. The van der Waals surface area contributed by atoms with E-state index in [1.54, 1.807) is 0 Å². The van der Waals surface area contributed by atoms with Gasteiger partial charge in [0, 0.05) is 24.8 Å². The number of carboxylic acid groups (broad SMARTS) is 1. The monoisotopic (exact) mass is 487 g/mol. The quantitative estimate of drug-likeness (QED) is 0.310. The molecule has 2 aromatic carbocycles. The maximum absolute atomic E-state index is 11.8. The Kier molecular flexibility index (Phi) is 6.60. The Balaban J connectivity index is 1.90. The first-order valence-electron chi connectivity index (χ1n) is 9.36. The van der Waals surface area contributed by atoms with Gasteiger partial charge in [-0.15, -0.1) is 0 Å². The lowest BCUT2D eigenvalue weighted by Gasteiger charge is -2.14. The Bertz CT molecular complexity index is 1370. The second kappa shape index (κ2) is 9.57. The molecule has 0 saturated carbocycles. The second-order valence-electron chi connectivity index (χ2n) is 6.91. The van der Waals surface area contributed by atoms with Crippen LogP contribution in [0.1, 0.15) is 5.69 Å². The number of nitro benzene ring substituents is 4. The molecule has 0 unspecified atom stereocenters. The van der Waals surface area contributed by atoms with Crippen molar-refractivity contribution in [3.8, 4) is 5.69 Å². The highest BCUT2D eigenvalue weighted by Gasteiger charge is 2.26. The molecule has 0 radical (unpaired) electrons. The average Bonchev–Trinajstić information content (AvgIpc) is 3.26. The van der Waals surface area contributed by atoms with Gasteiger partial charge in [0.1, 0.15) is 17.4 Å². The number of aliphatic carboxylic acids is 1. The van der Waals surface area contributed by atoms with Gasteiger partial charge in [0.25, 0.3) is 22.7 Å². The number of anilines is 1. The van der Waals surface area contributed by atoms with Crippen molar-refractivity contribution in [3.05, 3.63) is 95.1 Å². The van der Waals surface area contributed by atoms with Crippen molar-refractivity contribution in [1.82, 2.24) is 9.55 Å². The molecular weight excluding hydrogens is 474 g/mol. The van der Waals surface area contributed by atoms with Crippen LogP contribution in [0.25, 0.3) is 5.69 Å². The van der Waals surface area contributed by atoms with Gasteiger partial charge in [0.05, 0.1) is 43.8 Å². The van der Waals surface area contributed by atoms with Crippen molar-refractivity contribution >= 4 is 34.4 Å². The maximum Gasteiger partial charge on any atom is 0.326 e. The van der Waals surface area contributed by atoms with Gasteiger partial charge in [-0.3, -0.25) is 45.0 Å². The summed E-state index contributed by atoms with van der Waals surface area (Å²) >= 11 is 0. The zero-order valence-electron chi connectivity index (χ0n) is 17.2. The number of aromatic nitrogens is 2. The molecule has 17 heteroatoms. The summed E-state index contributed by atoms with van der Waals surface area (Å²) in [5, 5.41) is 56.5. The first-order chi connectivity index (χ1) is 16.5. The molecule has 0 aliphatic heterocycles. The molecule has 17 nitrogen and oxygen atoms in total. The topological polar surface area (TPSA) is 240 Å². The lowest BCUT2D eigenvalue weighted by Crippen LogP contribution is -2.32. The molecule has 0 aliphatic carbocycles. The summed E-state index contributed by atoms with van der Waals surface area (Å²) in [5.41, 5.74) is -2.58. The summed E-state index contributed by atoms with van der Waals surface area (Å²) in [5.74, 6) is -1.42. The van der Waals surface area contributed by atoms with Crippen molar-refractivity contribution in [2.75, 3.05) is 5.32 Å². The van der Waals surface area contributed by atoms with Gasteiger partial charge in [-0.25, -0.2) is 9.78 Å². The van der Waals surface area contributed by atoms with Gasteiger partial charge in [-0.05, 0) is 12.1 Å². The van der Waals surface area contributed by atoms with Gasteiger partial charge in [-0.2, -0.15) is 0 Å². The first-order valence-corrected chi connectivity index (χ1v) is 9.36. The molecule has 1 aromatic heterocycles. The Morgan fingerprint density at radius 3 is 2.03 bits per heavy atom. The number of hydrogen-bond acceptors (Lipinski definition) is 11. The molecule has 1 heterocycles. The summed E-state index contributed by atoms with van der Waals surface area (Å²) in [4.78, 5) is 56.8. The van der Waals surface area contributed by atoms with E-state index in [2.05, 4.69) is 10.3 Å². The summed E-state index contributed by atoms with van der Waals surface area (Å²) in [6, 6.07) is 4.15. The summed E-state index contributed by atoms with van der Waals surface area (Å²) < 4.78 is 1.17. The number of non-ortho nitro benzene ring substituents is 2. The van der Waals surface area contributed by atoms with Gasteiger partial charge in [0.2, 0.25) is 0 Å². The number of carbonyl (C=O) groups is 1. The minimum atomic E-state index is -1.47. The van der Waals surface area contributed by atoms with E-state index in [0.29, 0.717) is 6.07 Å². The molecule has 3 aromatic rings. The van der Waals surface area contributed by atoms with Gasteiger partial charge >= 0.3 is 5.97 Å². The summed E-state index contributed by atoms with van der Waals surface area (Å²) in [6.45, 7) is 0. The Morgan fingerprint density at radius 2 is 1.49 bits per heavy atom. The average molecular weight is 487 g/mol. The standard InChI is InChI=1S/C18H13N7O10/c26-18(27)14(20-13-3-1-11(22(28)29)6-16(13)24(32)33)5-10-8-21(9-19-10)15-4-2-12(23(30)31)7-17(15)25(34)35/h1-4,6-9,14,20H,5H2,(H,26,27)/t14-/m1/s1. The van der Waals surface area contributed by atoms with E-state index in [0.717, 1.165) is 36.7 Å². The molecule has 0 spiro atoms. The fourth-order valence-corrected chi connectivity index (χ4v) is 3.09. The SMILES string of the molecule is O=C(O)[C@@H](Cc1cn(-c2ccc([N+](=O)[O-])cc2[N+](=O)[O-])cn1)Nc1ccc([N+](=O)[O-])cc1[N+](=O)[O-]. The fraction of sp³-hybridized carbons (Fsp3) is 0.111. The largest absolute Gasteiger partial charge is 0.480 e. The van der Waals surface area contributed by atoms with Crippen LogP contribution in [0.2, 0.25) is 0 Å². The number of hydrogen-bond donors (Lipinski definition) is 2. The number of carboxylic acids is 1. The maximum atomic E-state index is 11.8. The lowest BCUT2D eigenvalue weighted by molar-refractivity contribution is -0.394. The van der Waals surface area contributed by atoms with E-state index in [-0.39, 0.29) is 23.5 Å². The highest BCUT2D eigenvalue weighted by Crippen LogP contribution is 2.30. The van der Waals surface area contributed by atoms with E-state index in [1.165, 1.54) is 10.8 Å². The summed E-state index contributed by atoms with van der Waals surface area (Å²) in [7, 11) is 0. The minimum Gasteiger partial charge on any atom is -0.480 e. The zero-order valence-corrected chi connectivity index (χ0v) is 17.2. The Morgan fingerprint density at radius 1 is 0.914 bits per heavy atom. The number of nitrogens with one attached hydrogen (secondary N) is 1. The van der Waals surface area contributed by atoms with Crippen molar-refractivity contribution in [2.45, 2.75) is 12.5 Å². The molecule has 0 bridgehead atoms. The van der Waals surface area contributed by atoms with Crippen molar-refractivity contribution in [1.29, 1.82) is 0 Å². The van der Waals surface area contributed by atoms with Crippen LogP contribution in [0.3, 0.4) is 0 Å². The van der Waals surface area contributed by atoms with Crippen LogP contribution in [0, 0.1) is 40.5 Å². The molecule has 2 N–H and O–H groups in total. The van der Waals surface area contributed by atoms with Gasteiger partial charge in [0.15, 0.2) is 0 Å². The Labute approximate surface area is 192 Å². The lowest BCUT2D eigenvalue weighted by atomic mass is 10.1. The van der Waals surface area contributed by atoms with Crippen LogP contribution in [-0.4, -0.2) is 46.4 Å². The third kappa shape index (κ3) is 5.30. The number of nitrogens with zero attached hydrogens (tertiary/aromatic N) is 6. The summed E-state index contributed by atoms with van der Waals surface area (Å²) in [6.07, 6.45) is 2.06. The van der Waals surface area contributed by atoms with E-state index in [9.17, 15) is 50.4 Å². The van der Waals surface area contributed by atoms with E-state index < -0.39 is 54.5 Å². The van der Waals surface area contributed by atoms with Crippen molar-refractivity contribution < 1.29 is 29.6 Å². The molecule has 0 aliphatic rings. The van der Waals surface area contributed by atoms with Gasteiger partial charge < -0.3 is 10.4 Å². The number of imidazole rings is 1. The van der Waals surface area contributed by atoms with Crippen LogP contribution in [0.15, 0.2) is 48.9 Å². The second-order valence-corrected chi connectivity index (χ2v) is 6.91. The highest BCUT2D eigenvalue weighted by atomic mass is 16.6. The van der Waals surface area contributed by atoms with E-state index in [1.807, 2.05) is 0 Å². The third-order valence-corrected chi connectivity index (χ3v) is 4.71. The van der Waals surface area contributed by atoms with Crippen LogP contribution >= 0.6 is 0 Å². The van der Waals surface area contributed by atoms with E-state index in [4.69, 9.17) is 0 Å². The third-order valence-electron chi connectivity index (χ3n) is 4.71. The normalized spacial score (nSPS) is 11.4. The molecule has 0 amide bonds. The first kappa shape index (κ1) is 24.2. The van der Waals surface area contributed by atoms with Crippen molar-refractivity contribution in [3.63, 3.8) is 0 Å². The van der Waals surface area contributed by atoms with Crippen molar-refractivity contribution in [2.24, 2.45) is 0 Å². The van der Waals surface area contributed by atoms with Crippen LogP contribution in [0.4, 0.5) is 28.4 Å². The number of benzene rings is 2. The molecule has 180 valence electrons. The van der Waals surface area contributed by atoms with E-state index >= 15 is 0 Å². The van der Waals surface area contributed by atoms with Gasteiger partial charge in [-0.1, -0.05) is 0 Å². The molecule has 0 saturated heterocycles. The highest BCUT2D eigenvalue weighted by molar-refractivity contribution is 5.79. The fourth-order valence-electron chi connectivity index (χ4n) is 3.09. The molecule has 0 fully saturated rings. The smallest absolute Gasteiger partial charge is 0.326 e. The zero-order chi connectivity index (χ0) is 25.9.